The highest BCUT2D eigenvalue weighted by atomic mass is 16.2. The summed E-state index contributed by atoms with van der Waals surface area (Å²) in [5.41, 5.74) is 1.47. The van der Waals surface area contributed by atoms with E-state index in [-0.39, 0.29) is 5.91 Å². The Bertz CT molecular complexity index is 540. The van der Waals surface area contributed by atoms with Crippen LogP contribution >= 0.6 is 0 Å². The summed E-state index contributed by atoms with van der Waals surface area (Å²) in [5.74, 6) is 0.182. The summed E-state index contributed by atoms with van der Waals surface area (Å²) in [5, 5.41) is 7.76. The lowest BCUT2D eigenvalue weighted by Crippen LogP contribution is -2.09. The highest BCUT2D eigenvalue weighted by Crippen LogP contribution is 2.09. The van der Waals surface area contributed by atoms with E-state index in [9.17, 15) is 4.79 Å². The van der Waals surface area contributed by atoms with E-state index in [1.807, 2.05) is 44.2 Å². The molecule has 2 aromatic rings. The lowest BCUT2D eigenvalue weighted by molar-refractivity contribution is 0.0956. The molecule has 82 valence electrons. The van der Waals surface area contributed by atoms with Gasteiger partial charge in [0.2, 0.25) is 0 Å². The molecule has 0 atom stereocenters. The standard InChI is InChI=1S/C12H13N3O/c1-9(2)7-8-12(16)15-11-6-4-3-5-10(11)13-14-15/h3-9H,1-2H3/b8-7-. The zero-order valence-corrected chi connectivity index (χ0v) is 9.29. The molecule has 0 aliphatic heterocycles. The first-order chi connectivity index (χ1) is 7.68. The van der Waals surface area contributed by atoms with Crippen LogP contribution in [0.2, 0.25) is 0 Å². The molecule has 2 rings (SSSR count). The number of benzene rings is 1. The van der Waals surface area contributed by atoms with E-state index in [1.165, 1.54) is 10.8 Å². The SMILES string of the molecule is CC(C)/C=C\C(=O)n1nnc2ccccc21. The Morgan fingerprint density at radius 3 is 2.88 bits per heavy atom. The Balaban J connectivity index is 2.37. The number of allylic oxidation sites excluding steroid dienone is 2. The molecule has 0 saturated carbocycles. The first-order valence-electron chi connectivity index (χ1n) is 5.21. The number of hydrogen-bond donors (Lipinski definition) is 0. The topological polar surface area (TPSA) is 47.8 Å². The molecule has 1 aromatic carbocycles. The van der Waals surface area contributed by atoms with Gasteiger partial charge in [0.25, 0.3) is 5.91 Å². The van der Waals surface area contributed by atoms with Crippen LogP contribution in [0.5, 0.6) is 0 Å². The van der Waals surface area contributed by atoms with Crippen molar-refractivity contribution in [3.05, 3.63) is 36.4 Å². The monoisotopic (exact) mass is 215 g/mol. The molecular weight excluding hydrogens is 202 g/mol. The first kappa shape index (κ1) is 10.5. The maximum absolute atomic E-state index is 11.8. The molecule has 16 heavy (non-hydrogen) atoms. The van der Waals surface area contributed by atoms with Crippen molar-refractivity contribution in [2.75, 3.05) is 0 Å². The van der Waals surface area contributed by atoms with E-state index < -0.39 is 0 Å². The molecule has 0 aliphatic carbocycles. The molecule has 0 bridgehead atoms. The quantitative estimate of drug-likeness (QED) is 0.722. The highest BCUT2D eigenvalue weighted by molar-refractivity contribution is 5.95. The molecule has 0 spiro atoms. The first-order valence-corrected chi connectivity index (χ1v) is 5.21. The van der Waals surface area contributed by atoms with Gasteiger partial charge >= 0.3 is 0 Å². The fourth-order valence-electron chi connectivity index (χ4n) is 1.38. The second-order valence-corrected chi connectivity index (χ2v) is 3.93. The van der Waals surface area contributed by atoms with Crippen LogP contribution in [-0.4, -0.2) is 20.9 Å². The molecule has 4 nitrogen and oxygen atoms in total. The minimum Gasteiger partial charge on any atom is -0.267 e. The molecule has 0 amide bonds. The molecule has 0 radical (unpaired) electrons. The maximum Gasteiger partial charge on any atom is 0.272 e. The summed E-state index contributed by atoms with van der Waals surface area (Å²) in [6.07, 6.45) is 3.38. The smallest absolute Gasteiger partial charge is 0.267 e. The Morgan fingerprint density at radius 1 is 1.38 bits per heavy atom. The molecule has 0 saturated heterocycles. The number of carbonyl (C=O) groups is 1. The zero-order valence-electron chi connectivity index (χ0n) is 9.29. The fourth-order valence-corrected chi connectivity index (χ4v) is 1.38. The average Bonchev–Trinajstić information content (AvgIpc) is 2.69. The summed E-state index contributed by atoms with van der Waals surface area (Å²) in [6.45, 7) is 4.03. The summed E-state index contributed by atoms with van der Waals surface area (Å²) in [4.78, 5) is 11.8. The number of para-hydroxylation sites is 1. The third-order valence-corrected chi connectivity index (χ3v) is 2.18. The molecule has 4 heteroatoms. The molecule has 0 N–H and O–H groups in total. The van der Waals surface area contributed by atoms with Gasteiger partial charge in [-0.15, -0.1) is 5.10 Å². The predicted octanol–water partition coefficient (Wildman–Crippen LogP) is 2.28. The number of carbonyl (C=O) groups excluding carboxylic acids is 1. The number of hydrogen-bond acceptors (Lipinski definition) is 3. The van der Waals surface area contributed by atoms with Crippen LogP contribution in [0.15, 0.2) is 36.4 Å². The van der Waals surface area contributed by atoms with Crippen molar-refractivity contribution in [2.24, 2.45) is 5.92 Å². The van der Waals surface area contributed by atoms with Gasteiger partial charge in [-0.1, -0.05) is 37.3 Å². The predicted molar refractivity (Wildman–Crippen MR) is 62.1 cm³/mol. The molecule has 0 aliphatic rings. The van der Waals surface area contributed by atoms with Crippen LogP contribution in [0.1, 0.15) is 18.6 Å². The summed E-state index contributed by atoms with van der Waals surface area (Å²) < 4.78 is 1.31. The van der Waals surface area contributed by atoms with Crippen LogP contribution in [0.3, 0.4) is 0 Å². The van der Waals surface area contributed by atoms with Crippen molar-refractivity contribution in [1.29, 1.82) is 0 Å². The minimum atomic E-state index is -0.164. The Morgan fingerprint density at radius 2 is 2.12 bits per heavy atom. The van der Waals surface area contributed by atoms with Crippen molar-refractivity contribution in [1.82, 2.24) is 15.0 Å². The third-order valence-electron chi connectivity index (χ3n) is 2.18. The molecule has 1 aromatic heterocycles. The fraction of sp³-hybridized carbons (Fsp3) is 0.250. The van der Waals surface area contributed by atoms with E-state index in [2.05, 4.69) is 10.3 Å². The number of rotatable bonds is 2. The second-order valence-electron chi connectivity index (χ2n) is 3.93. The Hall–Kier alpha value is -1.97. The van der Waals surface area contributed by atoms with Crippen LogP contribution in [0, 0.1) is 5.92 Å². The van der Waals surface area contributed by atoms with Crippen molar-refractivity contribution in [3.63, 3.8) is 0 Å². The lowest BCUT2D eigenvalue weighted by atomic mass is 10.2. The van der Waals surface area contributed by atoms with Crippen LogP contribution in [-0.2, 0) is 0 Å². The Kier molecular flexibility index (Phi) is 2.81. The average molecular weight is 215 g/mol. The summed E-state index contributed by atoms with van der Waals surface area (Å²) in [6, 6.07) is 7.39. The van der Waals surface area contributed by atoms with Gasteiger partial charge in [0.15, 0.2) is 0 Å². The van der Waals surface area contributed by atoms with Gasteiger partial charge < -0.3 is 0 Å². The largest absolute Gasteiger partial charge is 0.272 e. The van der Waals surface area contributed by atoms with Gasteiger partial charge in [-0.3, -0.25) is 4.79 Å². The number of fused-ring (bicyclic) bond motifs is 1. The number of aromatic nitrogens is 3. The van der Waals surface area contributed by atoms with E-state index >= 15 is 0 Å². The van der Waals surface area contributed by atoms with E-state index in [0.29, 0.717) is 5.92 Å². The van der Waals surface area contributed by atoms with Gasteiger partial charge in [-0.05, 0) is 18.1 Å². The molecule has 0 unspecified atom stereocenters. The van der Waals surface area contributed by atoms with Gasteiger partial charge in [0.1, 0.15) is 5.52 Å². The zero-order chi connectivity index (χ0) is 11.5. The Labute approximate surface area is 93.6 Å². The normalized spacial score (nSPS) is 11.7. The van der Waals surface area contributed by atoms with Gasteiger partial charge in [-0.25, -0.2) is 0 Å². The highest BCUT2D eigenvalue weighted by Gasteiger charge is 2.08. The van der Waals surface area contributed by atoms with E-state index in [1.54, 1.807) is 0 Å². The summed E-state index contributed by atoms with van der Waals surface area (Å²) >= 11 is 0. The van der Waals surface area contributed by atoms with Gasteiger partial charge in [0, 0.05) is 6.08 Å². The second kappa shape index (κ2) is 4.26. The van der Waals surface area contributed by atoms with Crippen LogP contribution in [0.4, 0.5) is 0 Å². The van der Waals surface area contributed by atoms with Gasteiger partial charge in [-0.2, -0.15) is 4.68 Å². The lowest BCUT2D eigenvalue weighted by Gasteiger charge is -1.96. The van der Waals surface area contributed by atoms with Crippen molar-refractivity contribution in [2.45, 2.75) is 13.8 Å². The molecular formula is C12H13N3O. The van der Waals surface area contributed by atoms with Crippen molar-refractivity contribution >= 4 is 16.9 Å². The van der Waals surface area contributed by atoms with Crippen LogP contribution < -0.4 is 0 Å². The van der Waals surface area contributed by atoms with Crippen molar-refractivity contribution in [3.8, 4) is 0 Å². The van der Waals surface area contributed by atoms with E-state index in [0.717, 1.165) is 11.0 Å². The van der Waals surface area contributed by atoms with Crippen molar-refractivity contribution < 1.29 is 4.79 Å². The van der Waals surface area contributed by atoms with E-state index in [4.69, 9.17) is 0 Å². The minimum absolute atomic E-state index is 0.164. The molecule has 0 fully saturated rings. The van der Waals surface area contributed by atoms with Gasteiger partial charge in [0.05, 0.1) is 5.52 Å². The summed E-state index contributed by atoms with van der Waals surface area (Å²) in [7, 11) is 0. The molecule has 1 heterocycles. The maximum atomic E-state index is 11.8. The third kappa shape index (κ3) is 2.00. The number of nitrogens with zero attached hydrogens (tertiary/aromatic N) is 3. The van der Waals surface area contributed by atoms with Crippen LogP contribution in [0.25, 0.3) is 11.0 Å².